The number of nitrogens with zero attached hydrogens (tertiary/aromatic N) is 3. The van der Waals surface area contributed by atoms with Crippen LogP contribution < -0.4 is 9.64 Å². The van der Waals surface area contributed by atoms with E-state index in [1.165, 1.54) is 12.3 Å². The minimum Gasteiger partial charge on any atom is -0.489 e. The number of β-amino-alcohol motifs (C(OH)–C–C–N with tert-alkyl or cyclic N) is 1. The molecule has 6 rings (SSSR count). The molecule has 2 aromatic carbocycles. The topological polar surface area (TPSA) is 109 Å². The Morgan fingerprint density at radius 2 is 1.82 bits per heavy atom. The van der Waals surface area contributed by atoms with Crippen LogP contribution in [0.4, 0.5) is 5.69 Å². The first-order valence-electron chi connectivity index (χ1n) is 12.2. The van der Waals surface area contributed by atoms with Gasteiger partial charge in [0, 0.05) is 23.2 Å². The number of halogens is 3. The summed E-state index contributed by atoms with van der Waals surface area (Å²) in [4.78, 5) is 17.1. The van der Waals surface area contributed by atoms with E-state index in [4.69, 9.17) is 44.1 Å². The Bertz CT molecular complexity index is 1560. The second-order valence-corrected chi connectivity index (χ2v) is 11.0. The molecule has 8 nitrogen and oxygen atoms in total. The lowest BCUT2D eigenvalue weighted by Gasteiger charge is -2.48. The predicted octanol–water partition coefficient (Wildman–Crippen LogP) is 6.56. The molecule has 2 aliphatic rings. The van der Waals surface area contributed by atoms with Gasteiger partial charge in [-0.25, -0.2) is 4.79 Å². The Balaban J connectivity index is 1.19. The molecule has 2 fully saturated rings. The van der Waals surface area contributed by atoms with Crippen molar-refractivity contribution >= 4 is 46.5 Å². The van der Waals surface area contributed by atoms with Gasteiger partial charge in [0.15, 0.2) is 0 Å². The lowest BCUT2D eigenvalue weighted by molar-refractivity contribution is 0.00757. The Morgan fingerprint density at radius 1 is 1.08 bits per heavy atom. The average molecular weight is 587 g/mol. The highest BCUT2D eigenvalue weighted by molar-refractivity contribution is 6.39. The van der Waals surface area contributed by atoms with Gasteiger partial charge in [0.05, 0.1) is 51.2 Å². The van der Waals surface area contributed by atoms with Crippen molar-refractivity contribution in [2.45, 2.75) is 31.0 Å². The van der Waals surface area contributed by atoms with Crippen molar-refractivity contribution in [2.75, 3.05) is 18.0 Å². The Kier molecular flexibility index (Phi) is 6.67. The number of aliphatic hydroxyl groups is 1. The Morgan fingerprint density at radius 3 is 2.49 bits per heavy atom. The summed E-state index contributed by atoms with van der Waals surface area (Å²) in [6.45, 7) is 0.656. The van der Waals surface area contributed by atoms with E-state index in [1.54, 1.807) is 42.6 Å². The van der Waals surface area contributed by atoms with Crippen LogP contribution in [0, 0.1) is 0 Å². The molecule has 2 aromatic heterocycles. The van der Waals surface area contributed by atoms with Gasteiger partial charge in [0.25, 0.3) is 0 Å². The van der Waals surface area contributed by atoms with Crippen molar-refractivity contribution < 1.29 is 24.3 Å². The molecule has 0 spiro atoms. The van der Waals surface area contributed by atoms with E-state index in [0.717, 1.165) is 24.2 Å². The first-order valence-corrected chi connectivity index (χ1v) is 13.4. The van der Waals surface area contributed by atoms with Crippen LogP contribution in [0.25, 0.3) is 11.3 Å². The van der Waals surface area contributed by atoms with Crippen LogP contribution >= 0.6 is 34.8 Å². The number of rotatable bonds is 8. The van der Waals surface area contributed by atoms with E-state index >= 15 is 0 Å². The number of carboxylic acid groups (broad SMARTS) is 1. The zero-order valence-corrected chi connectivity index (χ0v) is 22.7. The number of pyridine rings is 1. The monoisotopic (exact) mass is 585 g/mol. The normalized spacial score (nSPS) is 16.2. The third kappa shape index (κ3) is 4.94. The van der Waals surface area contributed by atoms with Crippen LogP contribution in [0.15, 0.2) is 59.4 Å². The second kappa shape index (κ2) is 10.0. The van der Waals surface area contributed by atoms with Crippen molar-refractivity contribution in [3.63, 3.8) is 0 Å². The average Bonchev–Trinajstić information content (AvgIpc) is 3.66. The molecule has 0 unspecified atom stereocenters. The number of carboxylic acids is 1. The Labute approximate surface area is 238 Å². The number of carbonyl (C=O) groups is 1. The van der Waals surface area contributed by atoms with Gasteiger partial charge in [-0.1, -0.05) is 52.1 Å². The summed E-state index contributed by atoms with van der Waals surface area (Å²) >= 11 is 19.5. The number of aromatic nitrogens is 2. The van der Waals surface area contributed by atoms with Gasteiger partial charge < -0.3 is 24.4 Å². The molecule has 0 radical (unpaired) electrons. The lowest BCUT2D eigenvalue weighted by atomic mass is 9.85. The number of aromatic carboxylic acids is 1. The van der Waals surface area contributed by atoms with Crippen LogP contribution in [-0.2, 0) is 12.2 Å². The standard InChI is InChI=1S/C28H22Cl3N3O5/c29-21-2-1-3-22(30)24(21)25-19(26(39-33-25)15-4-5-15)12-38-18-6-7-20(23(31)9-18)28(37)13-34(14-28)17-8-16(27(35)36)10-32-11-17/h1-3,6-11,15,37H,4-5,12-14H2,(H,35,36). The fourth-order valence-corrected chi connectivity index (χ4v) is 5.75. The van der Waals surface area contributed by atoms with Crippen LogP contribution in [0.3, 0.4) is 0 Å². The fourth-order valence-electron chi connectivity index (χ4n) is 4.82. The van der Waals surface area contributed by atoms with Gasteiger partial charge in [0.1, 0.15) is 29.4 Å². The predicted molar refractivity (Wildman–Crippen MR) is 147 cm³/mol. The molecular formula is C28H22Cl3N3O5. The molecule has 0 atom stereocenters. The van der Waals surface area contributed by atoms with Crippen LogP contribution in [-0.4, -0.2) is 39.4 Å². The number of hydrogen-bond donors (Lipinski definition) is 2. The molecule has 0 bridgehead atoms. The third-order valence-corrected chi connectivity index (χ3v) is 7.97. The highest BCUT2D eigenvalue weighted by Crippen LogP contribution is 2.46. The highest BCUT2D eigenvalue weighted by Gasteiger charge is 2.44. The minimum atomic E-state index is -1.20. The molecule has 1 saturated carbocycles. The van der Waals surface area contributed by atoms with Gasteiger partial charge in [-0.3, -0.25) is 4.98 Å². The Hall–Kier alpha value is -3.30. The summed E-state index contributed by atoms with van der Waals surface area (Å²) in [5.41, 5.74) is 2.01. The van der Waals surface area contributed by atoms with E-state index < -0.39 is 11.6 Å². The van der Waals surface area contributed by atoms with Crippen molar-refractivity contribution in [3.8, 4) is 17.0 Å². The van der Waals surface area contributed by atoms with Crippen molar-refractivity contribution in [3.05, 3.63) is 92.4 Å². The first-order chi connectivity index (χ1) is 18.7. The molecule has 200 valence electrons. The molecule has 1 aliphatic carbocycles. The molecule has 39 heavy (non-hydrogen) atoms. The van der Waals surface area contributed by atoms with Crippen LogP contribution in [0.2, 0.25) is 15.1 Å². The smallest absolute Gasteiger partial charge is 0.337 e. The summed E-state index contributed by atoms with van der Waals surface area (Å²) in [7, 11) is 0. The fraction of sp³-hybridized carbons (Fsp3) is 0.250. The van der Waals surface area contributed by atoms with Crippen LogP contribution in [0.5, 0.6) is 5.75 Å². The van der Waals surface area contributed by atoms with E-state index in [9.17, 15) is 15.0 Å². The quantitative estimate of drug-likeness (QED) is 0.239. The highest BCUT2D eigenvalue weighted by atomic mass is 35.5. The maximum atomic E-state index is 11.3. The minimum absolute atomic E-state index is 0.0834. The van der Waals surface area contributed by atoms with Crippen molar-refractivity contribution in [1.82, 2.24) is 10.1 Å². The van der Waals surface area contributed by atoms with E-state index in [1.807, 2.05) is 4.90 Å². The van der Waals surface area contributed by atoms with E-state index in [0.29, 0.717) is 49.2 Å². The van der Waals surface area contributed by atoms with Gasteiger partial charge in [-0.05, 0) is 43.2 Å². The largest absolute Gasteiger partial charge is 0.489 e. The number of anilines is 1. The maximum Gasteiger partial charge on any atom is 0.337 e. The van der Waals surface area contributed by atoms with Crippen molar-refractivity contribution in [2.24, 2.45) is 0 Å². The molecule has 1 aliphatic heterocycles. The molecule has 0 amide bonds. The van der Waals surface area contributed by atoms with Gasteiger partial charge >= 0.3 is 5.97 Å². The second-order valence-electron chi connectivity index (χ2n) is 9.80. The van der Waals surface area contributed by atoms with E-state index in [2.05, 4.69) is 10.1 Å². The first kappa shape index (κ1) is 26.0. The molecule has 11 heteroatoms. The van der Waals surface area contributed by atoms with Gasteiger partial charge in [0.2, 0.25) is 0 Å². The van der Waals surface area contributed by atoms with Crippen molar-refractivity contribution in [1.29, 1.82) is 0 Å². The number of hydrogen-bond acceptors (Lipinski definition) is 7. The summed E-state index contributed by atoms with van der Waals surface area (Å²) in [5.74, 6) is 0.519. The van der Waals surface area contributed by atoms with Crippen LogP contribution in [0.1, 0.15) is 46.0 Å². The maximum absolute atomic E-state index is 11.3. The summed E-state index contributed by atoms with van der Waals surface area (Å²) < 4.78 is 11.8. The molecule has 4 aromatic rings. The number of ether oxygens (including phenoxy) is 1. The molecule has 3 heterocycles. The summed E-state index contributed by atoms with van der Waals surface area (Å²) in [6.07, 6.45) is 4.89. The molecular weight excluding hydrogens is 565 g/mol. The third-order valence-electron chi connectivity index (χ3n) is 7.03. The zero-order chi connectivity index (χ0) is 27.3. The summed E-state index contributed by atoms with van der Waals surface area (Å²) in [5, 5.41) is 26.0. The SMILES string of the molecule is O=C(O)c1cncc(N2CC(O)(c3ccc(OCc4c(-c5c(Cl)cccc5Cl)noc4C4CC4)cc3Cl)C2)c1. The van der Waals surface area contributed by atoms with Gasteiger partial charge in [-0.15, -0.1) is 0 Å². The lowest BCUT2D eigenvalue weighted by Crippen LogP contribution is -2.59. The van der Waals surface area contributed by atoms with Gasteiger partial charge in [-0.2, -0.15) is 0 Å². The summed E-state index contributed by atoms with van der Waals surface area (Å²) in [6, 6.07) is 12.0. The molecule has 1 saturated heterocycles. The number of benzene rings is 2. The zero-order valence-electron chi connectivity index (χ0n) is 20.4. The van der Waals surface area contributed by atoms with E-state index in [-0.39, 0.29) is 25.3 Å². The molecule has 2 N–H and O–H groups in total.